The zero-order valence-electron chi connectivity index (χ0n) is 20.3. The third-order valence-corrected chi connectivity index (χ3v) is 6.08. The van der Waals surface area contributed by atoms with Gasteiger partial charge in [-0.25, -0.2) is 0 Å². The lowest BCUT2D eigenvalue weighted by molar-refractivity contribution is 0.00808. The molecule has 1 N–H and O–H groups in total. The van der Waals surface area contributed by atoms with Crippen LogP contribution in [0.25, 0.3) is 0 Å². The molecule has 178 valence electrons. The van der Waals surface area contributed by atoms with E-state index in [9.17, 15) is 9.90 Å². The van der Waals surface area contributed by atoms with Gasteiger partial charge in [-0.15, -0.1) is 0 Å². The van der Waals surface area contributed by atoms with E-state index in [0.29, 0.717) is 12.0 Å². The minimum Gasteiger partial charge on any atom is -0.385 e. The molecule has 0 bridgehead atoms. The smallest absolute Gasteiger partial charge is 0.191 e. The van der Waals surface area contributed by atoms with Crippen LogP contribution >= 0.6 is 0 Å². The Kier molecular flexibility index (Phi) is 17.5. The van der Waals surface area contributed by atoms with Crippen LogP contribution in [0.4, 0.5) is 0 Å². The third-order valence-electron chi connectivity index (χ3n) is 6.08. The molecule has 0 saturated carbocycles. The van der Waals surface area contributed by atoms with Crippen LogP contribution in [0.3, 0.4) is 0 Å². The monoisotopic (exact) mass is 432 g/mol. The third kappa shape index (κ3) is 14.5. The number of benzene rings is 1. The Balaban J connectivity index is 2.35. The van der Waals surface area contributed by atoms with Crippen LogP contribution in [0.1, 0.15) is 127 Å². The van der Waals surface area contributed by atoms with Crippen LogP contribution in [-0.2, 0) is 4.74 Å². The number of aliphatic hydroxyl groups is 1. The van der Waals surface area contributed by atoms with Crippen molar-refractivity contribution in [1.29, 1.82) is 0 Å². The summed E-state index contributed by atoms with van der Waals surface area (Å²) in [7, 11) is 0. The van der Waals surface area contributed by atoms with E-state index in [2.05, 4.69) is 13.8 Å². The van der Waals surface area contributed by atoms with Gasteiger partial charge < -0.3 is 9.84 Å². The predicted molar refractivity (Wildman–Crippen MR) is 132 cm³/mol. The van der Waals surface area contributed by atoms with Crippen molar-refractivity contribution in [3.8, 4) is 0 Å². The number of Topliss-reactive ketones (excluding diaryl/α,β-unsaturated/α-hetero) is 1. The number of carbonyl (C=O) groups excluding carboxylic acids is 1. The number of rotatable bonds is 21. The number of carbonyl (C=O) groups is 1. The summed E-state index contributed by atoms with van der Waals surface area (Å²) in [6.07, 6.45) is 18.0. The summed E-state index contributed by atoms with van der Waals surface area (Å²) < 4.78 is 6.16. The number of hydrogen-bond donors (Lipinski definition) is 1. The minimum absolute atomic E-state index is 0.0293. The van der Waals surface area contributed by atoms with Gasteiger partial charge in [0.15, 0.2) is 5.78 Å². The summed E-state index contributed by atoms with van der Waals surface area (Å²) in [5, 5.41) is 10.5. The second-order valence-corrected chi connectivity index (χ2v) is 9.01. The molecule has 0 amide bonds. The van der Waals surface area contributed by atoms with Crippen LogP contribution < -0.4 is 0 Å². The van der Waals surface area contributed by atoms with Crippen LogP contribution in [0, 0.1) is 0 Å². The maximum absolute atomic E-state index is 12.5. The molecule has 0 aliphatic carbocycles. The van der Waals surface area contributed by atoms with Crippen LogP contribution in [0.2, 0.25) is 0 Å². The van der Waals surface area contributed by atoms with Gasteiger partial charge in [-0.2, -0.15) is 0 Å². The first-order chi connectivity index (χ1) is 15.2. The molecule has 3 heteroatoms. The summed E-state index contributed by atoms with van der Waals surface area (Å²) >= 11 is 0. The fourth-order valence-electron chi connectivity index (χ4n) is 4.06. The van der Waals surface area contributed by atoms with Crippen molar-refractivity contribution < 1.29 is 14.6 Å². The Labute approximate surface area is 192 Å². The number of hydrogen-bond acceptors (Lipinski definition) is 3. The van der Waals surface area contributed by atoms with Gasteiger partial charge >= 0.3 is 0 Å². The van der Waals surface area contributed by atoms with Crippen molar-refractivity contribution in [2.75, 3.05) is 6.61 Å². The lowest BCUT2D eigenvalue weighted by atomic mass is 9.98. The Morgan fingerprint density at radius 3 is 1.87 bits per heavy atom. The number of ketones is 1. The zero-order chi connectivity index (χ0) is 22.6. The van der Waals surface area contributed by atoms with Crippen molar-refractivity contribution >= 4 is 5.78 Å². The molecule has 1 rings (SSSR count). The van der Waals surface area contributed by atoms with E-state index < -0.39 is 6.10 Å². The second kappa shape index (κ2) is 19.5. The SMILES string of the molecule is CCCCCCCCCCOC(CCCCCCCC)CC(O)C(=O)c1ccccc1. The number of aliphatic hydroxyl groups excluding tert-OH is 1. The van der Waals surface area contributed by atoms with Gasteiger partial charge in [0, 0.05) is 18.6 Å². The molecule has 0 spiro atoms. The molecule has 0 fully saturated rings. The highest BCUT2D eigenvalue weighted by Crippen LogP contribution is 2.17. The summed E-state index contributed by atoms with van der Waals surface area (Å²) in [6, 6.07) is 9.11. The summed E-state index contributed by atoms with van der Waals surface area (Å²) in [5.41, 5.74) is 0.580. The molecule has 0 aliphatic heterocycles. The fourth-order valence-corrected chi connectivity index (χ4v) is 4.06. The molecule has 0 aromatic heterocycles. The van der Waals surface area contributed by atoms with E-state index in [0.717, 1.165) is 25.9 Å². The highest BCUT2D eigenvalue weighted by molar-refractivity contribution is 5.99. The molecule has 1 aromatic rings. The van der Waals surface area contributed by atoms with E-state index in [1.807, 2.05) is 18.2 Å². The van der Waals surface area contributed by atoms with Crippen LogP contribution in [-0.4, -0.2) is 29.7 Å². The Morgan fingerprint density at radius 2 is 1.29 bits per heavy atom. The largest absolute Gasteiger partial charge is 0.385 e. The number of ether oxygens (including phenoxy) is 1. The Bertz CT molecular complexity index is 528. The molecule has 1 aromatic carbocycles. The van der Waals surface area contributed by atoms with Gasteiger partial charge in [0.1, 0.15) is 6.10 Å². The molecule has 0 heterocycles. The molecule has 2 atom stereocenters. The van der Waals surface area contributed by atoms with Gasteiger partial charge in [-0.1, -0.05) is 128 Å². The van der Waals surface area contributed by atoms with E-state index in [4.69, 9.17) is 4.74 Å². The molecule has 0 saturated heterocycles. The van der Waals surface area contributed by atoms with Gasteiger partial charge in [-0.05, 0) is 12.8 Å². The molecule has 2 unspecified atom stereocenters. The highest BCUT2D eigenvalue weighted by Gasteiger charge is 2.22. The van der Waals surface area contributed by atoms with Crippen molar-refractivity contribution in [3.05, 3.63) is 35.9 Å². The lowest BCUT2D eigenvalue weighted by Crippen LogP contribution is -2.28. The van der Waals surface area contributed by atoms with Crippen molar-refractivity contribution in [2.24, 2.45) is 0 Å². The summed E-state index contributed by atoms with van der Waals surface area (Å²) in [4.78, 5) is 12.5. The maximum Gasteiger partial charge on any atom is 0.191 e. The number of unbranched alkanes of at least 4 members (excludes halogenated alkanes) is 12. The molecule has 0 aliphatic rings. The second-order valence-electron chi connectivity index (χ2n) is 9.01. The van der Waals surface area contributed by atoms with E-state index in [1.165, 1.54) is 77.0 Å². The molecule has 31 heavy (non-hydrogen) atoms. The predicted octanol–water partition coefficient (Wildman–Crippen LogP) is 7.90. The van der Waals surface area contributed by atoms with Crippen molar-refractivity contribution in [1.82, 2.24) is 0 Å². The molecule has 0 radical (unpaired) electrons. The quantitative estimate of drug-likeness (QED) is 0.159. The van der Waals surface area contributed by atoms with Gasteiger partial charge in [-0.3, -0.25) is 4.79 Å². The zero-order valence-corrected chi connectivity index (χ0v) is 20.3. The normalized spacial score (nSPS) is 13.3. The fraction of sp³-hybridized carbons (Fsp3) is 0.750. The van der Waals surface area contributed by atoms with E-state index in [-0.39, 0.29) is 11.9 Å². The average Bonchev–Trinajstić information content (AvgIpc) is 2.80. The van der Waals surface area contributed by atoms with Gasteiger partial charge in [0.25, 0.3) is 0 Å². The Hall–Kier alpha value is -1.19. The average molecular weight is 433 g/mol. The van der Waals surface area contributed by atoms with Gasteiger partial charge in [0.2, 0.25) is 0 Å². The summed E-state index contributed by atoms with van der Waals surface area (Å²) in [6.45, 7) is 5.23. The molecular formula is C28H48O3. The molecular weight excluding hydrogens is 384 g/mol. The minimum atomic E-state index is -0.981. The van der Waals surface area contributed by atoms with E-state index in [1.54, 1.807) is 12.1 Å². The lowest BCUT2D eigenvalue weighted by Gasteiger charge is -2.21. The molecule has 3 nitrogen and oxygen atoms in total. The highest BCUT2D eigenvalue weighted by atomic mass is 16.5. The first-order valence-electron chi connectivity index (χ1n) is 13.1. The first kappa shape index (κ1) is 27.8. The van der Waals surface area contributed by atoms with Crippen molar-refractivity contribution in [2.45, 2.75) is 129 Å². The van der Waals surface area contributed by atoms with Gasteiger partial charge in [0.05, 0.1) is 6.10 Å². The summed E-state index contributed by atoms with van der Waals surface area (Å²) in [5.74, 6) is -0.191. The standard InChI is InChI=1S/C28H48O3/c1-3-5-7-9-11-12-14-19-23-31-26(22-18-13-10-8-6-4-2)24-27(29)28(30)25-20-16-15-17-21-25/h15-17,20-21,26-27,29H,3-14,18-19,22-24H2,1-2H3. The van der Waals surface area contributed by atoms with E-state index >= 15 is 0 Å². The maximum atomic E-state index is 12.5. The Morgan fingerprint density at radius 1 is 0.774 bits per heavy atom. The van der Waals surface area contributed by atoms with Crippen LogP contribution in [0.15, 0.2) is 30.3 Å². The van der Waals surface area contributed by atoms with Crippen molar-refractivity contribution in [3.63, 3.8) is 0 Å². The topological polar surface area (TPSA) is 46.5 Å². The van der Waals surface area contributed by atoms with Crippen LogP contribution in [0.5, 0.6) is 0 Å². The first-order valence-corrected chi connectivity index (χ1v) is 13.1.